The fourth-order valence-corrected chi connectivity index (χ4v) is 5.66. The number of rotatable bonds is 5. The molecule has 0 spiro atoms. The maximum atomic E-state index is 13.0. The van der Waals surface area contributed by atoms with E-state index in [1.807, 2.05) is 0 Å². The van der Waals surface area contributed by atoms with E-state index in [0.717, 1.165) is 25.8 Å². The number of carbonyl (C=O) groups excluding carboxylic acids is 1. The van der Waals surface area contributed by atoms with Gasteiger partial charge in [-0.25, -0.2) is 8.42 Å². The van der Waals surface area contributed by atoms with Crippen LogP contribution in [0.25, 0.3) is 0 Å². The average molecular weight is 395 g/mol. The third-order valence-corrected chi connectivity index (χ3v) is 7.79. The Morgan fingerprint density at radius 2 is 1.74 bits per heavy atom. The van der Waals surface area contributed by atoms with Crippen molar-refractivity contribution in [2.75, 3.05) is 26.7 Å². The van der Waals surface area contributed by atoms with E-state index >= 15 is 0 Å². The van der Waals surface area contributed by atoms with Crippen molar-refractivity contribution in [3.63, 3.8) is 0 Å². The van der Waals surface area contributed by atoms with Gasteiger partial charge in [-0.05, 0) is 62.8 Å². The molecule has 2 heterocycles. The lowest BCUT2D eigenvalue weighted by molar-refractivity contribution is -0.140. The first kappa shape index (κ1) is 20.1. The van der Waals surface area contributed by atoms with Crippen molar-refractivity contribution in [3.8, 4) is 5.75 Å². The van der Waals surface area contributed by atoms with E-state index in [1.54, 1.807) is 31.4 Å². The van der Waals surface area contributed by atoms with Gasteiger partial charge in [0.25, 0.3) is 0 Å². The van der Waals surface area contributed by atoms with Crippen molar-refractivity contribution < 1.29 is 17.9 Å². The van der Waals surface area contributed by atoms with Crippen LogP contribution >= 0.6 is 0 Å². The van der Waals surface area contributed by atoms with E-state index in [-0.39, 0.29) is 16.7 Å². The Morgan fingerprint density at radius 1 is 1.07 bits per heavy atom. The number of hydrogen-bond donors (Lipinski definition) is 0. The highest BCUT2D eigenvalue weighted by atomic mass is 32.2. The molecule has 1 amide bonds. The molecule has 0 radical (unpaired) electrons. The van der Waals surface area contributed by atoms with Gasteiger partial charge in [0.15, 0.2) is 0 Å². The van der Waals surface area contributed by atoms with E-state index in [9.17, 15) is 13.2 Å². The zero-order valence-electron chi connectivity index (χ0n) is 16.3. The Kier molecular flexibility index (Phi) is 6.42. The number of likely N-dealkylation sites (tertiary alicyclic amines) is 1. The van der Waals surface area contributed by atoms with Gasteiger partial charge in [0.05, 0.1) is 12.0 Å². The van der Waals surface area contributed by atoms with Crippen molar-refractivity contribution in [3.05, 3.63) is 24.3 Å². The fraction of sp³-hybridized carbons (Fsp3) is 0.650. The molecule has 2 aliphatic heterocycles. The Hall–Kier alpha value is -1.60. The zero-order chi connectivity index (χ0) is 19.4. The molecular formula is C20H30N2O4S. The molecule has 0 aromatic heterocycles. The van der Waals surface area contributed by atoms with Gasteiger partial charge in [-0.15, -0.1) is 0 Å². The summed E-state index contributed by atoms with van der Waals surface area (Å²) in [7, 11) is -1.97. The van der Waals surface area contributed by atoms with E-state index in [0.29, 0.717) is 37.7 Å². The van der Waals surface area contributed by atoms with Crippen LogP contribution in [0.4, 0.5) is 0 Å². The Bertz CT molecular complexity index is 740. The largest absolute Gasteiger partial charge is 0.497 e. The van der Waals surface area contributed by atoms with Crippen LogP contribution < -0.4 is 4.74 Å². The molecule has 6 nitrogen and oxygen atoms in total. The van der Waals surface area contributed by atoms with Gasteiger partial charge in [0.1, 0.15) is 5.75 Å². The number of carbonyl (C=O) groups is 1. The first-order valence-electron chi connectivity index (χ1n) is 9.92. The lowest BCUT2D eigenvalue weighted by atomic mass is 9.92. The highest BCUT2D eigenvalue weighted by Crippen LogP contribution is 2.28. The minimum Gasteiger partial charge on any atom is -0.497 e. The fourth-order valence-electron chi connectivity index (χ4n) is 4.19. The van der Waals surface area contributed by atoms with Gasteiger partial charge in [0, 0.05) is 31.6 Å². The van der Waals surface area contributed by atoms with Crippen LogP contribution in [0, 0.1) is 5.92 Å². The van der Waals surface area contributed by atoms with Gasteiger partial charge in [-0.3, -0.25) is 4.79 Å². The van der Waals surface area contributed by atoms with Gasteiger partial charge >= 0.3 is 0 Å². The van der Waals surface area contributed by atoms with Crippen LogP contribution in [0.5, 0.6) is 5.75 Å². The molecule has 3 rings (SSSR count). The summed E-state index contributed by atoms with van der Waals surface area (Å²) in [6.45, 7) is 3.78. The number of methoxy groups -OCH3 is 1. The molecule has 0 aliphatic carbocycles. The van der Waals surface area contributed by atoms with Crippen LogP contribution in [0.2, 0.25) is 0 Å². The minimum atomic E-state index is -3.52. The molecule has 150 valence electrons. The number of sulfonamides is 1. The smallest absolute Gasteiger partial charge is 0.243 e. The van der Waals surface area contributed by atoms with Crippen LogP contribution in [0.15, 0.2) is 29.2 Å². The molecule has 1 atom stereocenters. The van der Waals surface area contributed by atoms with Gasteiger partial charge in [-0.1, -0.05) is 6.92 Å². The van der Waals surface area contributed by atoms with Crippen molar-refractivity contribution in [2.24, 2.45) is 5.92 Å². The lowest BCUT2D eigenvalue weighted by Gasteiger charge is -2.39. The van der Waals surface area contributed by atoms with Crippen molar-refractivity contribution in [1.29, 1.82) is 0 Å². The van der Waals surface area contributed by atoms with E-state index in [4.69, 9.17) is 4.74 Å². The molecule has 2 aliphatic rings. The zero-order valence-corrected chi connectivity index (χ0v) is 17.1. The molecule has 27 heavy (non-hydrogen) atoms. The third-order valence-electron chi connectivity index (χ3n) is 5.88. The summed E-state index contributed by atoms with van der Waals surface area (Å²) in [5.41, 5.74) is 0. The van der Waals surface area contributed by atoms with Gasteiger partial charge in [-0.2, -0.15) is 4.31 Å². The number of hydrogen-bond acceptors (Lipinski definition) is 4. The second kappa shape index (κ2) is 8.61. The predicted molar refractivity (Wildman–Crippen MR) is 104 cm³/mol. The summed E-state index contributed by atoms with van der Waals surface area (Å²) in [6.07, 6.45) is 5.56. The molecule has 0 bridgehead atoms. The summed E-state index contributed by atoms with van der Waals surface area (Å²) in [5, 5.41) is 0. The summed E-state index contributed by atoms with van der Waals surface area (Å²) < 4.78 is 32.3. The topological polar surface area (TPSA) is 66.9 Å². The molecule has 2 fully saturated rings. The average Bonchev–Trinajstić information content (AvgIpc) is 2.73. The SMILES string of the molecule is CCC1CCCCN1C(=O)C1CCN(S(=O)(=O)c2ccc(OC)cc2)CC1. The normalized spacial score (nSPS) is 22.6. The van der Waals surface area contributed by atoms with Gasteiger partial charge < -0.3 is 9.64 Å². The molecule has 1 aromatic rings. The lowest BCUT2D eigenvalue weighted by Crippen LogP contribution is -2.49. The number of amides is 1. The molecule has 1 unspecified atom stereocenters. The van der Waals surface area contributed by atoms with Crippen molar-refractivity contribution in [1.82, 2.24) is 9.21 Å². The molecular weight excluding hydrogens is 364 g/mol. The molecule has 0 N–H and O–H groups in total. The summed E-state index contributed by atoms with van der Waals surface area (Å²) in [6, 6.07) is 6.82. The van der Waals surface area contributed by atoms with E-state index < -0.39 is 10.0 Å². The van der Waals surface area contributed by atoms with Crippen molar-refractivity contribution in [2.45, 2.75) is 56.4 Å². The van der Waals surface area contributed by atoms with Crippen LogP contribution in [-0.2, 0) is 14.8 Å². The number of nitrogens with zero attached hydrogens (tertiary/aromatic N) is 2. The Morgan fingerprint density at radius 3 is 2.33 bits per heavy atom. The first-order valence-corrected chi connectivity index (χ1v) is 11.4. The summed E-state index contributed by atoms with van der Waals surface area (Å²) >= 11 is 0. The highest BCUT2D eigenvalue weighted by molar-refractivity contribution is 7.89. The molecule has 1 aromatic carbocycles. The van der Waals surface area contributed by atoms with Crippen LogP contribution in [0.1, 0.15) is 45.4 Å². The number of piperidine rings is 2. The van der Waals surface area contributed by atoms with E-state index in [1.165, 1.54) is 10.7 Å². The van der Waals surface area contributed by atoms with Crippen LogP contribution in [0.3, 0.4) is 0 Å². The maximum Gasteiger partial charge on any atom is 0.243 e. The van der Waals surface area contributed by atoms with Crippen molar-refractivity contribution >= 4 is 15.9 Å². The first-order chi connectivity index (χ1) is 13.0. The standard InChI is InChI=1S/C20H30N2O4S/c1-3-17-6-4-5-13-22(17)20(23)16-11-14-21(15-12-16)27(24,25)19-9-7-18(26-2)8-10-19/h7-10,16-17H,3-6,11-15H2,1-2H3. The second-order valence-corrected chi connectivity index (χ2v) is 9.38. The Labute approximate surface area is 162 Å². The Balaban J connectivity index is 1.63. The third kappa shape index (κ3) is 4.29. The highest BCUT2D eigenvalue weighted by Gasteiger charge is 2.35. The number of benzene rings is 1. The van der Waals surface area contributed by atoms with Crippen LogP contribution in [-0.4, -0.2) is 56.3 Å². The summed E-state index contributed by atoms with van der Waals surface area (Å²) in [4.78, 5) is 15.3. The molecule has 7 heteroatoms. The van der Waals surface area contributed by atoms with E-state index in [2.05, 4.69) is 11.8 Å². The molecule has 0 saturated carbocycles. The number of ether oxygens (including phenoxy) is 1. The minimum absolute atomic E-state index is 0.0560. The monoisotopic (exact) mass is 394 g/mol. The molecule has 2 saturated heterocycles. The quantitative estimate of drug-likeness (QED) is 0.770. The predicted octanol–water partition coefficient (Wildman–Crippen LogP) is 2.89. The summed E-state index contributed by atoms with van der Waals surface area (Å²) in [5.74, 6) is 0.799. The second-order valence-electron chi connectivity index (χ2n) is 7.44. The maximum absolute atomic E-state index is 13.0. The van der Waals surface area contributed by atoms with Gasteiger partial charge in [0.2, 0.25) is 15.9 Å².